The van der Waals surface area contributed by atoms with Crippen LogP contribution in [0.5, 0.6) is 5.88 Å². The van der Waals surface area contributed by atoms with Crippen LogP contribution in [0.25, 0.3) is 0 Å². The van der Waals surface area contributed by atoms with E-state index in [0.29, 0.717) is 5.56 Å². The molecule has 0 saturated heterocycles. The zero-order chi connectivity index (χ0) is 15.2. The summed E-state index contributed by atoms with van der Waals surface area (Å²) in [6.07, 6.45) is 1.49. The summed E-state index contributed by atoms with van der Waals surface area (Å²) < 4.78 is 0. The van der Waals surface area contributed by atoms with Crippen molar-refractivity contribution in [1.82, 2.24) is 9.97 Å². The van der Waals surface area contributed by atoms with Crippen molar-refractivity contribution in [3.63, 3.8) is 0 Å². The third-order valence-corrected chi connectivity index (χ3v) is 2.43. The van der Waals surface area contributed by atoms with E-state index in [0.717, 1.165) is 12.1 Å². The summed E-state index contributed by atoms with van der Waals surface area (Å²) in [6.45, 7) is 0.232. The molecule has 0 aromatic carbocycles. The molecule has 2 aromatic heterocycles. The second-order valence-electron chi connectivity index (χ2n) is 4.01. The van der Waals surface area contributed by atoms with Crippen molar-refractivity contribution < 1.29 is 9.90 Å². The minimum Gasteiger partial charge on any atom is -0.494 e. The second kappa shape index (κ2) is 6.36. The largest absolute Gasteiger partial charge is 0.494 e. The Kier molecular flexibility index (Phi) is 4.33. The van der Waals surface area contributed by atoms with Gasteiger partial charge in [0.05, 0.1) is 12.1 Å². The molecule has 7 heteroatoms. The number of anilines is 1. The molecule has 21 heavy (non-hydrogen) atoms. The number of rotatable bonds is 2. The first kappa shape index (κ1) is 14.3. The number of hydrogen-bond donors (Lipinski definition) is 4. The van der Waals surface area contributed by atoms with Gasteiger partial charge < -0.3 is 16.2 Å². The van der Waals surface area contributed by atoms with Crippen LogP contribution < -0.4 is 16.6 Å². The summed E-state index contributed by atoms with van der Waals surface area (Å²) >= 11 is 0. The summed E-state index contributed by atoms with van der Waals surface area (Å²) in [5.74, 6) is 4.84. The number of aromatic amines is 1. The number of carbonyl (C=O) groups is 1. The number of H-pyrrole nitrogens is 1. The fourth-order valence-corrected chi connectivity index (χ4v) is 1.58. The summed E-state index contributed by atoms with van der Waals surface area (Å²) in [6, 6.07) is 5.48. The van der Waals surface area contributed by atoms with Crippen LogP contribution in [0.1, 0.15) is 15.9 Å². The van der Waals surface area contributed by atoms with Crippen LogP contribution in [0, 0.1) is 11.8 Å². The molecular weight excluding hydrogens is 272 g/mol. The Balaban J connectivity index is 2.21. The molecule has 7 nitrogen and oxygen atoms in total. The van der Waals surface area contributed by atoms with Gasteiger partial charge in [0.2, 0.25) is 0 Å². The van der Waals surface area contributed by atoms with Crippen molar-refractivity contribution >= 4 is 11.7 Å². The van der Waals surface area contributed by atoms with Gasteiger partial charge in [-0.25, -0.2) is 4.98 Å². The Morgan fingerprint density at radius 3 is 2.95 bits per heavy atom. The highest BCUT2D eigenvalue weighted by Crippen LogP contribution is 2.09. The molecule has 0 unspecified atom stereocenters. The average molecular weight is 284 g/mol. The summed E-state index contributed by atoms with van der Waals surface area (Å²) in [5, 5.41) is 11.8. The van der Waals surface area contributed by atoms with Gasteiger partial charge in [0.1, 0.15) is 5.82 Å². The Hall–Kier alpha value is -3.11. The van der Waals surface area contributed by atoms with Crippen LogP contribution in [-0.2, 0) is 0 Å². The molecular formula is C14H12N4O3. The quantitative estimate of drug-likeness (QED) is 0.580. The number of nitrogens with zero attached hydrogens (tertiary/aromatic N) is 1. The van der Waals surface area contributed by atoms with Gasteiger partial charge in [0.25, 0.3) is 11.5 Å². The molecule has 0 aliphatic rings. The van der Waals surface area contributed by atoms with Crippen LogP contribution in [-0.4, -0.2) is 27.5 Å². The van der Waals surface area contributed by atoms with Crippen molar-refractivity contribution in [2.45, 2.75) is 0 Å². The van der Waals surface area contributed by atoms with E-state index in [9.17, 15) is 14.7 Å². The van der Waals surface area contributed by atoms with E-state index in [1.54, 1.807) is 12.1 Å². The lowest BCUT2D eigenvalue weighted by Crippen LogP contribution is -2.16. The molecule has 0 spiro atoms. The Labute approximate surface area is 119 Å². The molecule has 0 atom stereocenters. The molecule has 0 fully saturated rings. The standard InChI is InChI=1S/C14H12N4O3/c15-4-1-2-9-3-5-16-11(6-9)17-14(21)10-7-12(19)18-13(20)8-10/h3,5-8H,4,15H2,(H,16,17,21)(H2,18,19,20). The van der Waals surface area contributed by atoms with E-state index in [1.807, 2.05) is 0 Å². The van der Waals surface area contributed by atoms with Crippen LogP contribution >= 0.6 is 0 Å². The van der Waals surface area contributed by atoms with E-state index >= 15 is 0 Å². The van der Waals surface area contributed by atoms with Crippen LogP contribution in [0.3, 0.4) is 0 Å². The van der Waals surface area contributed by atoms with E-state index in [4.69, 9.17) is 5.73 Å². The second-order valence-corrected chi connectivity index (χ2v) is 4.01. The first-order valence-corrected chi connectivity index (χ1v) is 5.98. The molecule has 2 heterocycles. The molecule has 0 aliphatic carbocycles. The molecule has 1 amide bonds. The van der Waals surface area contributed by atoms with Gasteiger partial charge in [-0.15, -0.1) is 0 Å². The van der Waals surface area contributed by atoms with Crippen molar-refractivity contribution in [1.29, 1.82) is 0 Å². The zero-order valence-corrected chi connectivity index (χ0v) is 10.9. The molecule has 2 aromatic rings. The maximum Gasteiger partial charge on any atom is 0.257 e. The van der Waals surface area contributed by atoms with Gasteiger partial charge in [-0.1, -0.05) is 11.8 Å². The number of pyridine rings is 2. The predicted octanol–water partition coefficient (Wildman–Crippen LogP) is 0.0380. The molecule has 0 saturated carbocycles. The number of hydrogen-bond acceptors (Lipinski definition) is 5. The van der Waals surface area contributed by atoms with Gasteiger partial charge in [0.15, 0.2) is 5.88 Å². The van der Waals surface area contributed by atoms with Crippen LogP contribution in [0.4, 0.5) is 5.82 Å². The number of nitrogens with two attached hydrogens (primary N) is 1. The van der Waals surface area contributed by atoms with Gasteiger partial charge in [-0.2, -0.15) is 0 Å². The first-order chi connectivity index (χ1) is 10.1. The maximum atomic E-state index is 12.0. The highest BCUT2D eigenvalue weighted by atomic mass is 16.3. The maximum absolute atomic E-state index is 12.0. The summed E-state index contributed by atoms with van der Waals surface area (Å²) in [4.78, 5) is 29.3. The molecule has 106 valence electrons. The third-order valence-electron chi connectivity index (χ3n) is 2.43. The van der Waals surface area contributed by atoms with E-state index < -0.39 is 11.5 Å². The monoisotopic (exact) mass is 284 g/mol. The van der Waals surface area contributed by atoms with Gasteiger partial charge >= 0.3 is 0 Å². The van der Waals surface area contributed by atoms with Gasteiger partial charge in [0, 0.05) is 23.9 Å². The molecule has 0 radical (unpaired) electrons. The van der Waals surface area contributed by atoms with E-state index in [1.165, 1.54) is 6.20 Å². The number of nitrogens with one attached hydrogen (secondary N) is 2. The summed E-state index contributed by atoms with van der Waals surface area (Å²) in [5.41, 5.74) is 5.39. The van der Waals surface area contributed by atoms with Crippen molar-refractivity contribution in [3.05, 3.63) is 51.9 Å². The topological polar surface area (TPSA) is 121 Å². The van der Waals surface area contributed by atoms with Crippen LogP contribution in [0.2, 0.25) is 0 Å². The minimum absolute atomic E-state index is 0.0245. The summed E-state index contributed by atoms with van der Waals surface area (Å²) in [7, 11) is 0. The van der Waals surface area contributed by atoms with E-state index in [2.05, 4.69) is 27.1 Å². The van der Waals surface area contributed by atoms with Gasteiger partial charge in [-0.3, -0.25) is 14.6 Å². The molecule has 0 bridgehead atoms. The van der Waals surface area contributed by atoms with Crippen molar-refractivity contribution in [2.24, 2.45) is 5.73 Å². The van der Waals surface area contributed by atoms with E-state index in [-0.39, 0.29) is 23.8 Å². The highest BCUT2D eigenvalue weighted by molar-refractivity contribution is 6.03. The first-order valence-electron chi connectivity index (χ1n) is 5.98. The van der Waals surface area contributed by atoms with Crippen molar-refractivity contribution in [2.75, 3.05) is 11.9 Å². The van der Waals surface area contributed by atoms with Gasteiger partial charge in [-0.05, 0) is 12.1 Å². The lowest BCUT2D eigenvalue weighted by Gasteiger charge is -2.04. The normalized spacial score (nSPS) is 9.57. The van der Waals surface area contributed by atoms with Crippen molar-refractivity contribution in [3.8, 4) is 17.7 Å². The number of amides is 1. The molecule has 2 rings (SSSR count). The lowest BCUT2D eigenvalue weighted by molar-refractivity contribution is 0.102. The SMILES string of the molecule is NCC#Cc1ccnc(NC(=O)c2cc(O)[nH]c(=O)c2)c1. The lowest BCUT2D eigenvalue weighted by atomic mass is 10.2. The third kappa shape index (κ3) is 3.92. The molecule has 0 aliphatic heterocycles. The Morgan fingerprint density at radius 2 is 2.24 bits per heavy atom. The average Bonchev–Trinajstić information content (AvgIpc) is 2.44. The Morgan fingerprint density at radius 1 is 1.43 bits per heavy atom. The Bertz CT molecular complexity index is 787. The zero-order valence-electron chi connectivity index (χ0n) is 10.9. The number of aromatic nitrogens is 2. The number of carbonyl (C=O) groups excluding carboxylic acids is 1. The minimum atomic E-state index is -0.573. The highest BCUT2D eigenvalue weighted by Gasteiger charge is 2.09. The number of aromatic hydroxyl groups is 1. The molecule has 5 N–H and O–H groups in total. The smallest absolute Gasteiger partial charge is 0.257 e. The predicted molar refractivity (Wildman–Crippen MR) is 76.9 cm³/mol. The fourth-order valence-electron chi connectivity index (χ4n) is 1.58. The van der Waals surface area contributed by atoms with Crippen LogP contribution in [0.15, 0.2) is 35.3 Å². The fraction of sp³-hybridized carbons (Fsp3) is 0.0714.